The smallest absolute Gasteiger partial charge is 0.463 e. The molecule has 0 radical (unpaired) electrons. The van der Waals surface area contributed by atoms with Crippen LogP contribution < -0.4 is 0 Å². The van der Waals surface area contributed by atoms with Crippen LogP contribution in [0.5, 0.6) is 0 Å². The van der Waals surface area contributed by atoms with Gasteiger partial charge in [-0.1, -0.05) is 368 Å². The number of aliphatic hydroxyl groups is 9. The Kier molecular flexibility index (Phi) is 67.8. The minimum atomic E-state index is -5.81. The van der Waals surface area contributed by atoms with Crippen LogP contribution in [0.25, 0.3) is 0 Å². The lowest BCUT2D eigenvalue weighted by molar-refractivity contribution is -0.360. The van der Waals surface area contributed by atoms with Gasteiger partial charge in [-0.2, -0.15) is 0 Å². The first-order valence-corrected chi connectivity index (χ1v) is 50.8. The summed E-state index contributed by atoms with van der Waals surface area (Å²) < 4.78 is 73.6. The van der Waals surface area contributed by atoms with Crippen molar-refractivity contribution in [1.29, 1.82) is 0 Å². The number of hydrogen-bond donors (Lipinski definition) is 10. The van der Waals surface area contributed by atoms with Crippen LogP contribution in [0.15, 0.2) is 12.2 Å². The van der Waals surface area contributed by atoms with Crippen LogP contribution >= 0.6 is 7.82 Å². The van der Waals surface area contributed by atoms with Crippen LogP contribution in [0.2, 0.25) is 0 Å². The van der Waals surface area contributed by atoms with Crippen LogP contribution in [-0.4, -0.2) is 205 Å². The van der Waals surface area contributed by atoms with E-state index >= 15 is 0 Å². The molecule has 712 valence electrons. The summed E-state index contributed by atoms with van der Waals surface area (Å²) in [6, 6.07) is 0. The van der Waals surface area contributed by atoms with Crippen LogP contribution in [0.4, 0.5) is 0 Å². The quantitative estimate of drug-likeness (QED) is 0.00889. The summed E-state index contributed by atoms with van der Waals surface area (Å²) in [5.41, 5.74) is 0. The van der Waals surface area contributed by atoms with E-state index in [0.29, 0.717) is 38.0 Å². The lowest BCUT2D eigenvalue weighted by atomic mass is 9.84. The van der Waals surface area contributed by atoms with Gasteiger partial charge in [0.25, 0.3) is 0 Å². The molecule has 0 spiro atoms. The number of aliphatic hydroxyl groups excluding tert-OH is 9. The number of allylic oxidation sites excluding steroid dienone is 2. The lowest BCUT2D eigenvalue weighted by Gasteiger charge is -2.50. The zero-order valence-corrected chi connectivity index (χ0v) is 77.2. The largest absolute Gasteiger partial charge is 0.472 e. The van der Waals surface area contributed by atoms with Gasteiger partial charge in [0, 0.05) is 25.7 Å². The topological polar surface area (TPSA) is 380 Å². The van der Waals surface area contributed by atoms with Crippen molar-refractivity contribution < 1.29 is 122 Å². The molecule has 0 amide bonds. The number of rotatable bonds is 80. The van der Waals surface area contributed by atoms with E-state index in [2.05, 4.69) is 46.8 Å². The Bertz CT molecular complexity index is 2570. The van der Waals surface area contributed by atoms with Crippen molar-refractivity contribution in [2.75, 3.05) is 26.4 Å². The number of carbonyl (C=O) groups excluding carboxylic acids is 4. The third kappa shape index (κ3) is 53.1. The number of carbonyl (C=O) groups is 4. The molecule has 26 heteroatoms. The fraction of sp³-hybridized carbons (Fsp3) is 0.937. The van der Waals surface area contributed by atoms with Crippen molar-refractivity contribution in [2.24, 2.45) is 5.92 Å². The average molecular weight is 1750 g/mol. The number of phosphoric ester groups is 1. The monoisotopic (exact) mass is 1750 g/mol. The summed E-state index contributed by atoms with van der Waals surface area (Å²) in [5.74, 6) is -2.27. The Morgan fingerprint density at radius 2 is 0.669 bits per heavy atom. The third-order valence-corrected chi connectivity index (χ3v) is 25.4. The van der Waals surface area contributed by atoms with E-state index in [-0.39, 0.29) is 25.7 Å². The highest BCUT2D eigenvalue weighted by Gasteiger charge is 2.60. The molecule has 3 aliphatic rings. The Morgan fingerprint density at radius 1 is 0.347 bits per heavy atom. The average Bonchev–Trinajstić information content (AvgIpc) is 0.754. The van der Waals surface area contributed by atoms with E-state index in [9.17, 15) is 74.6 Å². The van der Waals surface area contributed by atoms with Gasteiger partial charge in [0.05, 0.1) is 13.2 Å². The Balaban J connectivity index is 1.90. The standard InChI is InChI=1S/C95H177O25P/c1-6-10-14-18-22-25-28-31-34-37-38-41-44-47-54-60-66-78(97)111-71-75(114-80(99)68-62-56-48-45-42-39-35-32-29-26-23-19-15-11-7-2)72-113-121(109,110)120-93-91(118-94-88(107)84(103)82(101)76(70-96)115-94)87(106)86(105)90(117-81(100)69-63-57-49-46-43-40-36-33-30-27-24-20-16-12-8-3)92(93)119-95-89(108)85(104)83(102)77(116-95)73-112-79(98)67-61-55-51-50-53-59-65-74(5)64-58-52-21-17-13-9-4/h27,30,74-77,82-96,101-108H,6-26,28-29,31-73H2,1-5H3,(H,109,110)/b30-27-. The van der Waals surface area contributed by atoms with Crippen LogP contribution in [0.3, 0.4) is 0 Å². The van der Waals surface area contributed by atoms with E-state index in [1.807, 2.05) is 0 Å². The molecule has 25 nitrogen and oxygen atoms in total. The molecule has 2 aliphatic heterocycles. The molecular weight excluding hydrogens is 1570 g/mol. The maximum Gasteiger partial charge on any atom is 0.472 e. The second kappa shape index (κ2) is 73.0. The second-order valence-electron chi connectivity index (χ2n) is 35.6. The van der Waals surface area contributed by atoms with Crippen molar-refractivity contribution in [1.82, 2.24) is 0 Å². The predicted molar refractivity (Wildman–Crippen MR) is 472 cm³/mol. The van der Waals surface area contributed by atoms with Crippen molar-refractivity contribution in [3.63, 3.8) is 0 Å². The summed E-state index contributed by atoms with van der Waals surface area (Å²) in [7, 11) is -5.81. The summed E-state index contributed by atoms with van der Waals surface area (Å²) in [4.78, 5) is 66.6. The molecule has 2 saturated heterocycles. The molecule has 121 heavy (non-hydrogen) atoms. The summed E-state index contributed by atoms with van der Waals surface area (Å²) in [6.45, 7) is 7.96. The molecule has 10 N–H and O–H groups in total. The molecule has 3 rings (SSSR count). The van der Waals surface area contributed by atoms with Crippen molar-refractivity contribution in [2.45, 2.75) is 537 Å². The van der Waals surface area contributed by atoms with Gasteiger partial charge >= 0.3 is 31.7 Å². The Hall–Kier alpha value is -2.79. The summed E-state index contributed by atoms with van der Waals surface area (Å²) in [6.07, 6.45) is 31.8. The van der Waals surface area contributed by atoms with Gasteiger partial charge in [0.1, 0.15) is 92.6 Å². The molecule has 0 aromatic carbocycles. The molecule has 0 bridgehead atoms. The molecule has 19 unspecified atom stereocenters. The SMILES string of the molecule is CCCCCC/C=C\CCCCCCCCCC(=O)OC1C(O)C(O)C(OC2OC(CO)C(O)C(O)C2O)C(OP(=O)(O)OCC(COC(=O)CCCCCCCCCCCCCCCCCC)OC(=O)CCCCCCCCCCCCCCCCC)C1OC1OC(COC(=O)CCCCCCCCC(C)CCCCCCCC)C(O)C(O)C1O. The third-order valence-electron chi connectivity index (χ3n) is 24.4. The lowest BCUT2D eigenvalue weighted by Crippen LogP contribution is -2.70. The molecule has 19 atom stereocenters. The Morgan fingerprint density at radius 3 is 1.07 bits per heavy atom. The maximum atomic E-state index is 14.9. The number of ether oxygens (including phenoxy) is 8. The molecule has 0 aromatic heterocycles. The van der Waals surface area contributed by atoms with Gasteiger partial charge in [-0.3, -0.25) is 28.2 Å². The number of unbranched alkanes of at least 4 members (excludes halogenated alkanes) is 50. The van der Waals surface area contributed by atoms with E-state index in [0.717, 1.165) is 141 Å². The number of hydrogen-bond acceptors (Lipinski definition) is 24. The van der Waals surface area contributed by atoms with Gasteiger partial charge in [0.2, 0.25) is 0 Å². The van der Waals surface area contributed by atoms with E-state index in [1.165, 1.54) is 199 Å². The minimum absolute atomic E-state index is 0.0155. The minimum Gasteiger partial charge on any atom is -0.463 e. The highest BCUT2D eigenvalue weighted by atomic mass is 31.2. The number of esters is 4. The predicted octanol–water partition coefficient (Wildman–Crippen LogP) is 19.0. The fourth-order valence-electron chi connectivity index (χ4n) is 16.5. The fourth-order valence-corrected chi connectivity index (χ4v) is 17.5. The van der Waals surface area contributed by atoms with Crippen LogP contribution in [0.1, 0.15) is 433 Å². The zero-order valence-electron chi connectivity index (χ0n) is 76.3. The van der Waals surface area contributed by atoms with E-state index in [4.69, 9.17) is 46.9 Å². The first-order chi connectivity index (χ1) is 58.6. The normalized spacial score (nSPS) is 24.9. The first kappa shape index (κ1) is 112. The summed E-state index contributed by atoms with van der Waals surface area (Å²) in [5, 5.41) is 103. The van der Waals surface area contributed by atoms with Gasteiger partial charge in [-0.25, -0.2) is 4.57 Å². The Labute approximate surface area is 731 Å². The van der Waals surface area contributed by atoms with Crippen LogP contribution in [-0.2, 0) is 70.7 Å². The van der Waals surface area contributed by atoms with Crippen LogP contribution in [0, 0.1) is 5.92 Å². The van der Waals surface area contributed by atoms with Gasteiger partial charge in [0.15, 0.2) is 24.8 Å². The molecule has 0 aromatic rings. The van der Waals surface area contributed by atoms with E-state index in [1.54, 1.807) is 0 Å². The second-order valence-corrected chi connectivity index (χ2v) is 37.0. The van der Waals surface area contributed by atoms with Crippen molar-refractivity contribution >= 4 is 31.7 Å². The highest BCUT2D eigenvalue weighted by Crippen LogP contribution is 2.49. The molecule has 1 saturated carbocycles. The van der Waals surface area contributed by atoms with Gasteiger partial charge < -0.3 is 88.7 Å². The first-order valence-electron chi connectivity index (χ1n) is 49.3. The van der Waals surface area contributed by atoms with Gasteiger partial charge in [-0.05, 0) is 57.3 Å². The van der Waals surface area contributed by atoms with E-state index < -0.39 is 162 Å². The van der Waals surface area contributed by atoms with Crippen molar-refractivity contribution in [3.05, 3.63) is 12.2 Å². The maximum absolute atomic E-state index is 14.9. The molecular formula is C95H177O25P. The highest BCUT2D eigenvalue weighted by molar-refractivity contribution is 7.47. The van der Waals surface area contributed by atoms with Crippen molar-refractivity contribution in [3.8, 4) is 0 Å². The molecule has 1 aliphatic carbocycles. The zero-order chi connectivity index (χ0) is 88.4. The molecule has 3 fully saturated rings. The van der Waals surface area contributed by atoms with Gasteiger partial charge in [-0.15, -0.1) is 0 Å². The molecule has 2 heterocycles. The summed E-state index contributed by atoms with van der Waals surface area (Å²) >= 11 is 0. The number of phosphoric acid groups is 1.